The maximum absolute atomic E-state index is 13.8. The number of carboxylic acids is 1. The van der Waals surface area contributed by atoms with Gasteiger partial charge in [0.1, 0.15) is 15.7 Å². The zero-order valence-electron chi connectivity index (χ0n) is 11.9. The van der Waals surface area contributed by atoms with E-state index >= 15 is 0 Å². The third-order valence-corrected chi connectivity index (χ3v) is 4.15. The van der Waals surface area contributed by atoms with Crippen LogP contribution in [0.4, 0.5) is 4.39 Å². The molecule has 1 aromatic carbocycles. The Morgan fingerprint density at radius 1 is 1.36 bits per heavy atom. The number of aliphatic carboxylic acids is 1. The number of carbonyl (C=O) groups is 2. The Bertz CT molecular complexity index is 700. The molecule has 0 aliphatic rings. The molecule has 0 aliphatic carbocycles. The molecule has 1 amide bonds. The van der Waals surface area contributed by atoms with Crippen LogP contribution in [0.2, 0.25) is 0 Å². The summed E-state index contributed by atoms with van der Waals surface area (Å²) in [6, 6.07) is 6.26. The molecule has 1 aromatic heterocycles. The van der Waals surface area contributed by atoms with Gasteiger partial charge in [0.15, 0.2) is 0 Å². The SMILES string of the molecule is Cc1nc(-c2ccccc2F)sc1C(=O)NCCCC(=O)O. The van der Waals surface area contributed by atoms with E-state index in [1.165, 1.54) is 6.07 Å². The van der Waals surface area contributed by atoms with Crippen molar-refractivity contribution in [3.8, 4) is 10.6 Å². The molecule has 0 atom stereocenters. The van der Waals surface area contributed by atoms with E-state index in [-0.39, 0.29) is 24.7 Å². The Balaban J connectivity index is 2.08. The van der Waals surface area contributed by atoms with E-state index in [1.807, 2.05) is 0 Å². The third-order valence-electron chi connectivity index (χ3n) is 2.96. The van der Waals surface area contributed by atoms with Crippen LogP contribution in [0.3, 0.4) is 0 Å². The lowest BCUT2D eigenvalue weighted by Gasteiger charge is -2.02. The average Bonchev–Trinajstić information content (AvgIpc) is 2.85. The highest BCUT2D eigenvalue weighted by Crippen LogP contribution is 2.29. The van der Waals surface area contributed by atoms with Gasteiger partial charge < -0.3 is 10.4 Å². The molecule has 0 bridgehead atoms. The van der Waals surface area contributed by atoms with Gasteiger partial charge in [-0.1, -0.05) is 12.1 Å². The Kier molecular flexibility index (Phi) is 5.21. The van der Waals surface area contributed by atoms with Gasteiger partial charge in [0.05, 0.1) is 5.69 Å². The number of carbonyl (C=O) groups excluding carboxylic acids is 1. The highest BCUT2D eigenvalue weighted by molar-refractivity contribution is 7.17. The standard InChI is InChI=1S/C15H15FN2O3S/c1-9-13(14(21)17-8-4-7-12(19)20)22-15(18-9)10-5-2-3-6-11(10)16/h2-3,5-6H,4,7-8H2,1H3,(H,17,21)(H,19,20). The molecule has 22 heavy (non-hydrogen) atoms. The summed E-state index contributed by atoms with van der Waals surface area (Å²) in [7, 11) is 0. The van der Waals surface area contributed by atoms with E-state index in [0.717, 1.165) is 11.3 Å². The molecule has 0 unspecified atom stereocenters. The molecule has 116 valence electrons. The van der Waals surface area contributed by atoms with Crippen LogP contribution in [-0.4, -0.2) is 28.5 Å². The Hall–Kier alpha value is -2.28. The monoisotopic (exact) mass is 322 g/mol. The van der Waals surface area contributed by atoms with Gasteiger partial charge in [-0.05, 0) is 25.5 Å². The molecular weight excluding hydrogens is 307 g/mol. The van der Waals surface area contributed by atoms with Crippen molar-refractivity contribution in [2.75, 3.05) is 6.54 Å². The van der Waals surface area contributed by atoms with E-state index < -0.39 is 5.97 Å². The molecular formula is C15H15FN2O3S. The van der Waals surface area contributed by atoms with Crippen molar-refractivity contribution in [3.63, 3.8) is 0 Å². The molecule has 2 aromatic rings. The summed E-state index contributed by atoms with van der Waals surface area (Å²) < 4.78 is 13.8. The minimum atomic E-state index is -0.898. The molecule has 0 saturated carbocycles. The predicted molar refractivity (Wildman–Crippen MR) is 81.4 cm³/mol. The zero-order valence-corrected chi connectivity index (χ0v) is 12.7. The fraction of sp³-hybridized carbons (Fsp3) is 0.267. The molecule has 2 rings (SSSR count). The van der Waals surface area contributed by atoms with Crippen molar-refractivity contribution < 1.29 is 19.1 Å². The van der Waals surface area contributed by atoms with Gasteiger partial charge in [-0.3, -0.25) is 9.59 Å². The number of rotatable bonds is 6. The first-order valence-electron chi connectivity index (χ1n) is 6.71. The van der Waals surface area contributed by atoms with E-state index in [0.29, 0.717) is 27.6 Å². The maximum atomic E-state index is 13.8. The van der Waals surface area contributed by atoms with Gasteiger partial charge in [-0.25, -0.2) is 9.37 Å². The number of aryl methyl sites for hydroxylation is 1. The van der Waals surface area contributed by atoms with Crippen LogP contribution in [-0.2, 0) is 4.79 Å². The van der Waals surface area contributed by atoms with Gasteiger partial charge >= 0.3 is 5.97 Å². The topological polar surface area (TPSA) is 79.3 Å². The average molecular weight is 322 g/mol. The van der Waals surface area contributed by atoms with Crippen LogP contribution in [0.1, 0.15) is 28.2 Å². The number of amides is 1. The van der Waals surface area contributed by atoms with Gasteiger partial charge in [-0.2, -0.15) is 0 Å². The molecule has 2 N–H and O–H groups in total. The number of carboxylic acid groups (broad SMARTS) is 1. The molecule has 0 spiro atoms. The number of nitrogens with zero attached hydrogens (tertiary/aromatic N) is 1. The zero-order chi connectivity index (χ0) is 16.1. The van der Waals surface area contributed by atoms with E-state index in [4.69, 9.17) is 5.11 Å². The minimum Gasteiger partial charge on any atom is -0.481 e. The summed E-state index contributed by atoms with van der Waals surface area (Å²) in [6.45, 7) is 1.96. The largest absolute Gasteiger partial charge is 0.481 e. The van der Waals surface area contributed by atoms with E-state index in [1.54, 1.807) is 25.1 Å². The smallest absolute Gasteiger partial charge is 0.303 e. The van der Waals surface area contributed by atoms with Gasteiger partial charge in [0.25, 0.3) is 5.91 Å². The van der Waals surface area contributed by atoms with Crippen molar-refractivity contribution >= 4 is 23.2 Å². The van der Waals surface area contributed by atoms with E-state index in [2.05, 4.69) is 10.3 Å². The lowest BCUT2D eigenvalue weighted by Crippen LogP contribution is -2.24. The number of nitrogens with one attached hydrogen (secondary N) is 1. The van der Waals surface area contributed by atoms with Gasteiger partial charge in [0, 0.05) is 18.5 Å². The normalized spacial score (nSPS) is 10.5. The number of thiazole rings is 1. The quantitative estimate of drug-likeness (QED) is 0.802. The van der Waals surface area contributed by atoms with Crippen LogP contribution in [0.15, 0.2) is 24.3 Å². The first kappa shape index (κ1) is 16.1. The van der Waals surface area contributed by atoms with Crippen LogP contribution >= 0.6 is 11.3 Å². The second kappa shape index (κ2) is 7.13. The first-order valence-corrected chi connectivity index (χ1v) is 7.53. The van der Waals surface area contributed by atoms with Crippen molar-refractivity contribution in [3.05, 3.63) is 40.7 Å². The highest BCUT2D eigenvalue weighted by atomic mass is 32.1. The third kappa shape index (κ3) is 3.88. The van der Waals surface area contributed by atoms with Crippen LogP contribution in [0.25, 0.3) is 10.6 Å². The predicted octanol–water partition coefficient (Wildman–Crippen LogP) is 2.85. The Labute approximate surface area is 130 Å². The molecule has 0 aliphatic heterocycles. The highest BCUT2D eigenvalue weighted by Gasteiger charge is 2.17. The number of halogens is 1. The van der Waals surface area contributed by atoms with Crippen molar-refractivity contribution in [1.29, 1.82) is 0 Å². The first-order chi connectivity index (χ1) is 10.5. The van der Waals surface area contributed by atoms with Crippen LogP contribution in [0, 0.1) is 12.7 Å². The Morgan fingerprint density at radius 2 is 2.09 bits per heavy atom. The molecule has 0 saturated heterocycles. The summed E-state index contributed by atoms with van der Waals surface area (Å²) in [5, 5.41) is 11.6. The molecule has 0 radical (unpaired) electrons. The summed E-state index contributed by atoms with van der Waals surface area (Å²) in [6.07, 6.45) is 0.363. The van der Waals surface area contributed by atoms with Crippen molar-refractivity contribution in [2.45, 2.75) is 19.8 Å². The number of benzene rings is 1. The molecule has 1 heterocycles. The fourth-order valence-corrected chi connectivity index (χ4v) is 2.89. The molecule has 7 heteroatoms. The summed E-state index contributed by atoms with van der Waals surface area (Å²) in [4.78, 5) is 27.1. The van der Waals surface area contributed by atoms with Crippen LogP contribution in [0.5, 0.6) is 0 Å². The lowest BCUT2D eigenvalue weighted by atomic mass is 10.2. The van der Waals surface area contributed by atoms with Crippen LogP contribution < -0.4 is 5.32 Å². The molecule has 5 nitrogen and oxygen atoms in total. The number of aromatic nitrogens is 1. The van der Waals surface area contributed by atoms with E-state index in [9.17, 15) is 14.0 Å². The lowest BCUT2D eigenvalue weighted by molar-refractivity contribution is -0.137. The summed E-state index contributed by atoms with van der Waals surface area (Å²) in [5.41, 5.74) is 0.888. The van der Waals surface area contributed by atoms with Gasteiger partial charge in [-0.15, -0.1) is 11.3 Å². The summed E-state index contributed by atoms with van der Waals surface area (Å²) >= 11 is 1.12. The fourth-order valence-electron chi connectivity index (χ4n) is 1.88. The number of hydrogen-bond donors (Lipinski definition) is 2. The second-order valence-corrected chi connectivity index (χ2v) is 5.67. The van der Waals surface area contributed by atoms with Crippen molar-refractivity contribution in [2.24, 2.45) is 0 Å². The van der Waals surface area contributed by atoms with Crippen molar-refractivity contribution in [1.82, 2.24) is 10.3 Å². The second-order valence-electron chi connectivity index (χ2n) is 4.67. The minimum absolute atomic E-state index is 0.00241. The maximum Gasteiger partial charge on any atom is 0.303 e. The molecule has 0 fully saturated rings. The van der Waals surface area contributed by atoms with Gasteiger partial charge in [0.2, 0.25) is 0 Å². The Morgan fingerprint density at radius 3 is 2.77 bits per heavy atom. The summed E-state index contributed by atoms with van der Waals surface area (Å²) in [5.74, 6) is -1.60. The number of hydrogen-bond acceptors (Lipinski definition) is 4.